The van der Waals surface area contributed by atoms with E-state index in [-0.39, 0.29) is 5.94 Å². The lowest BCUT2D eigenvalue weighted by molar-refractivity contribution is 0.864. The van der Waals surface area contributed by atoms with Crippen LogP contribution in [0.4, 0.5) is 0 Å². The van der Waals surface area contributed by atoms with Crippen molar-refractivity contribution in [2.24, 2.45) is 4.99 Å². The number of hydrogen-bond donors (Lipinski definition) is 0. The van der Waals surface area contributed by atoms with Crippen molar-refractivity contribution in [3.05, 3.63) is 0 Å². The fourth-order valence-electron chi connectivity index (χ4n) is 0.129. The Bertz CT molecular complexity index is 44.8. The summed E-state index contributed by atoms with van der Waals surface area (Å²) in [6.45, 7) is 5.23. The van der Waals surface area contributed by atoms with Crippen LogP contribution in [-0.2, 0) is 0 Å². The summed E-state index contributed by atoms with van der Waals surface area (Å²) in [7, 11) is 5.24. The van der Waals surface area contributed by atoms with Crippen molar-refractivity contribution in [3.8, 4) is 0 Å². The molecule has 2 radical (unpaired) electrons. The summed E-state index contributed by atoms with van der Waals surface area (Å²) in [4.78, 5) is 3.53. The van der Waals surface area contributed by atoms with Gasteiger partial charge in [-0.15, -0.1) is 0 Å². The molecule has 2 heteroatoms. The molecule has 6 heavy (non-hydrogen) atoms. The molecule has 0 spiro atoms. The average Bonchev–Trinajstić information content (AvgIpc) is 1.65. The second kappa shape index (κ2) is 2.95. The van der Waals surface area contributed by atoms with Crippen molar-refractivity contribution in [1.29, 1.82) is 0 Å². The van der Waals surface area contributed by atoms with Gasteiger partial charge in [0.15, 0.2) is 0 Å². The van der Waals surface area contributed by atoms with Gasteiger partial charge in [0.25, 0.3) is 0 Å². The molecule has 1 unspecified atom stereocenters. The summed E-state index contributed by atoms with van der Waals surface area (Å²) in [6, 6.07) is 0. The smallest absolute Gasteiger partial charge is 0.102 e. The Labute approximate surface area is 39.9 Å². The lowest BCUT2D eigenvalue weighted by atomic mass is 9.95. The highest BCUT2D eigenvalue weighted by Crippen LogP contribution is 1.85. The standard InChI is InChI=1S/C4H8BN/c1-3-4(5)6-2/h4H,2-3H2,1H3. The molecule has 0 aromatic rings. The molecule has 0 fully saturated rings. The van der Waals surface area contributed by atoms with E-state index in [1.165, 1.54) is 0 Å². The number of rotatable bonds is 2. The molecule has 32 valence electrons. The summed E-state index contributed by atoms with van der Waals surface area (Å²) in [5, 5.41) is 0. The van der Waals surface area contributed by atoms with Gasteiger partial charge in [-0.05, 0) is 13.1 Å². The summed E-state index contributed by atoms with van der Waals surface area (Å²) in [5.74, 6) is -0.0509. The second-order valence-electron chi connectivity index (χ2n) is 1.16. The highest BCUT2D eigenvalue weighted by atomic mass is 14.7. The predicted octanol–water partition coefficient (Wildman–Crippen LogP) is 0.592. The van der Waals surface area contributed by atoms with Gasteiger partial charge in [-0.3, -0.25) is 0 Å². The highest BCUT2D eigenvalue weighted by molar-refractivity contribution is 6.12. The molecule has 0 amide bonds. The van der Waals surface area contributed by atoms with Gasteiger partial charge in [-0.25, -0.2) is 0 Å². The Morgan fingerprint density at radius 3 is 2.50 bits per heavy atom. The SMILES string of the molecule is [B]C(CC)N=C. The molecule has 0 rings (SSSR count). The Morgan fingerprint density at radius 1 is 2.00 bits per heavy atom. The van der Waals surface area contributed by atoms with Crippen molar-refractivity contribution in [1.82, 2.24) is 0 Å². The van der Waals surface area contributed by atoms with E-state index in [1.54, 1.807) is 0 Å². The number of nitrogens with zero attached hydrogens (tertiary/aromatic N) is 1. The molecule has 1 nitrogen and oxygen atoms in total. The van der Waals surface area contributed by atoms with Crippen LogP contribution in [0, 0.1) is 0 Å². The summed E-state index contributed by atoms with van der Waals surface area (Å²) < 4.78 is 0. The van der Waals surface area contributed by atoms with Crippen LogP contribution in [0.15, 0.2) is 4.99 Å². The zero-order chi connectivity index (χ0) is 4.99. The monoisotopic (exact) mass is 81.1 g/mol. The molecule has 0 aromatic carbocycles. The third-order valence-corrected chi connectivity index (χ3v) is 0.653. The summed E-state index contributed by atoms with van der Waals surface area (Å²) in [5.41, 5.74) is 0. The first-order chi connectivity index (χ1) is 2.81. The lowest BCUT2D eigenvalue weighted by Crippen LogP contribution is -1.97. The van der Waals surface area contributed by atoms with Gasteiger partial charge < -0.3 is 4.99 Å². The molecular weight excluding hydrogens is 72.9 g/mol. The van der Waals surface area contributed by atoms with Crippen LogP contribution in [0.5, 0.6) is 0 Å². The first-order valence-corrected chi connectivity index (χ1v) is 2.02. The van der Waals surface area contributed by atoms with Crippen LogP contribution in [0.25, 0.3) is 0 Å². The van der Waals surface area contributed by atoms with Gasteiger partial charge in [0.2, 0.25) is 0 Å². The molecule has 0 N–H and O–H groups in total. The minimum Gasteiger partial charge on any atom is -0.307 e. The van der Waals surface area contributed by atoms with E-state index in [2.05, 4.69) is 11.7 Å². The van der Waals surface area contributed by atoms with Crippen molar-refractivity contribution >= 4 is 14.6 Å². The maximum Gasteiger partial charge on any atom is 0.102 e. The molecule has 0 aliphatic carbocycles. The maximum atomic E-state index is 5.24. The fourth-order valence-corrected chi connectivity index (χ4v) is 0.129. The Hall–Kier alpha value is -0.265. The maximum absolute atomic E-state index is 5.24. The van der Waals surface area contributed by atoms with Crippen LogP contribution in [-0.4, -0.2) is 20.5 Å². The minimum atomic E-state index is -0.0509. The topological polar surface area (TPSA) is 12.4 Å². The van der Waals surface area contributed by atoms with Crippen LogP contribution in [0.1, 0.15) is 13.3 Å². The van der Waals surface area contributed by atoms with Gasteiger partial charge in [0, 0.05) is 5.94 Å². The molecule has 0 heterocycles. The van der Waals surface area contributed by atoms with Gasteiger partial charge in [0.1, 0.15) is 7.85 Å². The van der Waals surface area contributed by atoms with Gasteiger partial charge in [-0.1, -0.05) is 6.92 Å². The van der Waals surface area contributed by atoms with E-state index in [0.29, 0.717) is 0 Å². The fraction of sp³-hybridized carbons (Fsp3) is 0.750. The molecule has 0 aliphatic heterocycles. The normalized spacial score (nSPS) is 13.5. The molecule has 0 saturated heterocycles. The van der Waals surface area contributed by atoms with Gasteiger partial charge >= 0.3 is 0 Å². The zero-order valence-electron chi connectivity index (χ0n) is 4.02. The van der Waals surface area contributed by atoms with E-state index < -0.39 is 0 Å². The third kappa shape index (κ3) is 2.00. The second-order valence-corrected chi connectivity index (χ2v) is 1.16. The molecule has 0 aromatic heterocycles. The van der Waals surface area contributed by atoms with E-state index in [9.17, 15) is 0 Å². The molecule has 1 atom stereocenters. The van der Waals surface area contributed by atoms with Crippen molar-refractivity contribution in [3.63, 3.8) is 0 Å². The largest absolute Gasteiger partial charge is 0.307 e. The third-order valence-electron chi connectivity index (χ3n) is 0.653. The summed E-state index contributed by atoms with van der Waals surface area (Å²) in [6.07, 6.45) is 0.878. The van der Waals surface area contributed by atoms with Crippen molar-refractivity contribution in [2.45, 2.75) is 19.3 Å². The zero-order valence-corrected chi connectivity index (χ0v) is 4.02. The first kappa shape index (κ1) is 5.73. The number of hydrogen-bond acceptors (Lipinski definition) is 1. The molecule has 0 bridgehead atoms. The van der Waals surface area contributed by atoms with Crippen molar-refractivity contribution < 1.29 is 0 Å². The molecule has 0 saturated carbocycles. The molecular formula is C4H8BN. The quantitative estimate of drug-likeness (QED) is 0.340. The van der Waals surface area contributed by atoms with Gasteiger partial charge in [-0.2, -0.15) is 0 Å². The van der Waals surface area contributed by atoms with E-state index >= 15 is 0 Å². The van der Waals surface area contributed by atoms with E-state index in [0.717, 1.165) is 6.42 Å². The van der Waals surface area contributed by atoms with Gasteiger partial charge in [0.05, 0.1) is 0 Å². The minimum absolute atomic E-state index is 0.0509. The van der Waals surface area contributed by atoms with E-state index in [1.807, 2.05) is 6.92 Å². The lowest BCUT2D eigenvalue weighted by Gasteiger charge is -1.94. The number of aliphatic imine (C=N–C) groups is 1. The van der Waals surface area contributed by atoms with Crippen molar-refractivity contribution in [2.75, 3.05) is 0 Å². The Kier molecular flexibility index (Phi) is 2.82. The Morgan fingerprint density at radius 2 is 2.50 bits per heavy atom. The Balaban J connectivity index is 2.96. The van der Waals surface area contributed by atoms with Crippen LogP contribution in [0.2, 0.25) is 0 Å². The van der Waals surface area contributed by atoms with E-state index in [4.69, 9.17) is 7.85 Å². The van der Waals surface area contributed by atoms with Crippen LogP contribution >= 0.6 is 0 Å². The first-order valence-electron chi connectivity index (χ1n) is 2.02. The average molecular weight is 80.9 g/mol. The van der Waals surface area contributed by atoms with Crippen LogP contribution < -0.4 is 0 Å². The van der Waals surface area contributed by atoms with Crippen LogP contribution in [0.3, 0.4) is 0 Å². The predicted molar refractivity (Wildman–Crippen MR) is 29.4 cm³/mol. The highest BCUT2D eigenvalue weighted by Gasteiger charge is 1.85. The molecule has 0 aliphatic rings. The summed E-state index contributed by atoms with van der Waals surface area (Å²) >= 11 is 0.